The Morgan fingerprint density at radius 3 is 2.06 bits per heavy atom. The number of anilines is 2. The molecule has 0 radical (unpaired) electrons. The lowest BCUT2D eigenvalue weighted by Gasteiger charge is -2.46. The van der Waals surface area contributed by atoms with Gasteiger partial charge in [0.25, 0.3) is 5.91 Å². The summed E-state index contributed by atoms with van der Waals surface area (Å²) in [6.45, 7) is 0.535. The topological polar surface area (TPSA) is 23.6 Å². The molecule has 0 bridgehead atoms. The van der Waals surface area contributed by atoms with E-state index in [9.17, 15) is 4.79 Å². The summed E-state index contributed by atoms with van der Waals surface area (Å²) in [5, 5.41) is 0. The van der Waals surface area contributed by atoms with E-state index in [0.29, 0.717) is 17.7 Å². The molecular formula is C27H21FN2O. The predicted octanol–water partition coefficient (Wildman–Crippen LogP) is 6.19. The highest BCUT2D eigenvalue weighted by molar-refractivity contribution is 6.12. The minimum Gasteiger partial charge on any atom is -0.342 e. The third kappa shape index (κ3) is 3.46. The van der Waals surface area contributed by atoms with E-state index in [1.54, 1.807) is 17.0 Å². The van der Waals surface area contributed by atoms with Crippen LogP contribution in [0.25, 0.3) is 0 Å². The van der Waals surface area contributed by atoms with Gasteiger partial charge in [0.15, 0.2) is 0 Å². The lowest BCUT2D eigenvalue weighted by Crippen LogP contribution is -2.49. The molecule has 4 heteroatoms. The summed E-state index contributed by atoms with van der Waals surface area (Å²) in [6, 6.07) is 33.8. The number of benzene rings is 4. The molecule has 0 spiro atoms. The maximum Gasteiger partial charge on any atom is 0.262 e. The number of hydrogen-bond donors (Lipinski definition) is 0. The lowest BCUT2D eigenvalue weighted by molar-refractivity contribution is 0.0967. The van der Waals surface area contributed by atoms with Gasteiger partial charge >= 0.3 is 0 Å². The molecule has 1 aliphatic heterocycles. The van der Waals surface area contributed by atoms with Gasteiger partial charge < -0.3 is 4.90 Å². The normalized spacial score (nSPS) is 15.6. The van der Waals surface area contributed by atoms with E-state index in [0.717, 1.165) is 16.9 Å². The number of hydrogen-bond acceptors (Lipinski definition) is 2. The average molecular weight is 408 g/mol. The minimum atomic E-state index is -0.619. The molecule has 1 atom stereocenters. The Bertz CT molecular complexity index is 1210. The monoisotopic (exact) mass is 408 g/mol. The Balaban J connectivity index is 1.75. The summed E-state index contributed by atoms with van der Waals surface area (Å²) < 4.78 is 15.1. The second-order valence-corrected chi connectivity index (χ2v) is 7.54. The van der Waals surface area contributed by atoms with Crippen molar-refractivity contribution in [2.45, 2.75) is 12.7 Å². The van der Waals surface area contributed by atoms with Crippen LogP contribution < -0.4 is 9.80 Å². The molecule has 5 rings (SSSR count). The summed E-state index contributed by atoms with van der Waals surface area (Å²) >= 11 is 0. The van der Waals surface area contributed by atoms with Crippen molar-refractivity contribution in [3.05, 3.63) is 132 Å². The van der Waals surface area contributed by atoms with Crippen LogP contribution in [0.2, 0.25) is 0 Å². The predicted molar refractivity (Wildman–Crippen MR) is 121 cm³/mol. The van der Waals surface area contributed by atoms with Crippen LogP contribution in [0.4, 0.5) is 15.8 Å². The summed E-state index contributed by atoms with van der Waals surface area (Å²) in [5.74, 6) is -0.474. The van der Waals surface area contributed by atoms with Crippen LogP contribution in [0, 0.1) is 5.82 Å². The maximum atomic E-state index is 15.1. The molecule has 152 valence electrons. The number of nitrogens with zero attached hydrogens (tertiary/aromatic N) is 2. The molecule has 0 aliphatic carbocycles. The van der Waals surface area contributed by atoms with Crippen molar-refractivity contribution in [1.82, 2.24) is 0 Å². The van der Waals surface area contributed by atoms with E-state index in [1.807, 2.05) is 91.0 Å². The number of para-hydroxylation sites is 2. The first-order chi connectivity index (χ1) is 15.2. The highest BCUT2D eigenvalue weighted by atomic mass is 19.1. The zero-order chi connectivity index (χ0) is 21.2. The van der Waals surface area contributed by atoms with Crippen molar-refractivity contribution in [1.29, 1.82) is 0 Å². The van der Waals surface area contributed by atoms with Gasteiger partial charge in [-0.15, -0.1) is 0 Å². The first-order valence-corrected chi connectivity index (χ1v) is 10.3. The molecule has 0 N–H and O–H groups in total. The Labute approximate surface area is 181 Å². The fourth-order valence-corrected chi connectivity index (χ4v) is 4.21. The number of halogens is 1. The third-order valence-corrected chi connectivity index (χ3v) is 5.62. The van der Waals surface area contributed by atoms with Gasteiger partial charge in [0.1, 0.15) is 12.0 Å². The molecule has 0 saturated carbocycles. The summed E-state index contributed by atoms with van der Waals surface area (Å²) in [7, 11) is 0. The molecule has 4 aromatic rings. The van der Waals surface area contributed by atoms with Crippen LogP contribution in [0.1, 0.15) is 27.7 Å². The first-order valence-electron chi connectivity index (χ1n) is 10.3. The molecule has 0 aromatic heterocycles. The van der Waals surface area contributed by atoms with Gasteiger partial charge in [0.05, 0.1) is 11.3 Å². The lowest BCUT2D eigenvalue weighted by atomic mass is 9.99. The van der Waals surface area contributed by atoms with Gasteiger partial charge in [-0.3, -0.25) is 9.69 Å². The van der Waals surface area contributed by atoms with E-state index in [4.69, 9.17) is 0 Å². The zero-order valence-corrected chi connectivity index (χ0v) is 16.9. The van der Waals surface area contributed by atoms with Crippen LogP contribution in [0.5, 0.6) is 0 Å². The largest absolute Gasteiger partial charge is 0.342 e. The fraction of sp³-hybridized carbons (Fsp3) is 0.0741. The van der Waals surface area contributed by atoms with Crippen LogP contribution >= 0.6 is 0 Å². The zero-order valence-electron chi connectivity index (χ0n) is 16.9. The Morgan fingerprint density at radius 1 is 0.710 bits per heavy atom. The number of amides is 1. The van der Waals surface area contributed by atoms with Crippen LogP contribution in [-0.4, -0.2) is 5.91 Å². The molecule has 4 aromatic carbocycles. The van der Waals surface area contributed by atoms with Crippen LogP contribution in [-0.2, 0) is 6.54 Å². The van der Waals surface area contributed by atoms with Crippen molar-refractivity contribution in [2.75, 3.05) is 9.80 Å². The molecule has 1 amide bonds. The van der Waals surface area contributed by atoms with Gasteiger partial charge in [-0.05, 0) is 35.9 Å². The summed E-state index contributed by atoms with van der Waals surface area (Å²) in [5.41, 5.74) is 3.69. The second-order valence-electron chi connectivity index (χ2n) is 7.54. The van der Waals surface area contributed by atoms with Crippen molar-refractivity contribution < 1.29 is 9.18 Å². The number of carbonyl (C=O) groups excluding carboxylic acids is 1. The van der Waals surface area contributed by atoms with E-state index in [2.05, 4.69) is 4.90 Å². The van der Waals surface area contributed by atoms with Gasteiger partial charge in [-0.1, -0.05) is 78.9 Å². The van der Waals surface area contributed by atoms with Gasteiger partial charge in [0.2, 0.25) is 0 Å². The molecule has 0 fully saturated rings. The van der Waals surface area contributed by atoms with Crippen molar-refractivity contribution in [3.8, 4) is 0 Å². The van der Waals surface area contributed by atoms with Crippen LogP contribution in [0.15, 0.2) is 109 Å². The van der Waals surface area contributed by atoms with E-state index in [-0.39, 0.29) is 11.7 Å². The van der Waals surface area contributed by atoms with Gasteiger partial charge in [-0.25, -0.2) is 4.39 Å². The van der Waals surface area contributed by atoms with Crippen molar-refractivity contribution in [3.63, 3.8) is 0 Å². The first kappa shape index (κ1) is 19.1. The summed E-state index contributed by atoms with van der Waals surface area (Å²) in [6.07, 6.45) is -0.619. The highest BCUT2D eigenvalue weighted by Gasteiger charge is 2.40. The minimum absolute atomic E-state index is 0.139. The average Bonchev–Trinajstić information content (AvgIpc) is 2.82. The molecule has 1 heterocycles. The smallest absolute Gasteiger partial charge is 0.262 e. The molecule has 0 saturated heterocycles. The summed E-state index contributed by atoms with van der Waals surface area (Å²) in [4.78, 5) is 17.5. The van der Waals surface area contributed by atoms with Gasteiger partial charge in [-0.2, -0.15) is 0 Å². The Hall–Kier alpha value is -3.92. The SMILES string of the molecule is O=C1c2ccccc2N(Cc2ccccc2)[C@@H](c2ccccc2F)N1c1ccccc1. The van der Waals surface area contributed by atoms with E-state index >= 15 is 4.39 Å². The Kier molecular flexibility index (Phi) is 4.97. The fourth-order valence-electron chi connectivity index (χ4n) is 4.21. The number of rotatable bonds is 4. The third-order valence-electron chi connectivity index (χ3n) is 5.62. The van der Waals surface area contributed by atoms with Crippen molar-refractivity contribution in [2.24, 2.45) is 0 Å². The highest BCUT2D eigenvalue weighted by Crippen LogP contribution is 2.42. The molecule has 1 aliphatic rings. The second kappa shape index (κ2) is 8.07. The van der Waals surface area contributed by atoms with E-state index in [1.165, 1.54) is 6.07 Å². The Morgan fingerprint density at radius 2 is 1.32 bits per heavy atom. The standard InChI is InChI=1S/C27H21FN2O/c28-24-17-9-7-15-22(24)26-29(19-20-11-3-1-4-12-20)25-18-10-8-16-23(25)27(31)30(26)21-13-5-2-6-14-21/h1-18,26H,19H2/t26-/m1/s1. The molecular weight excluding hydrogens is 387 g/mol. The van der Waals surface area contributed by atoms with Crippen LogP contribution in [0.3, 0.4) is 0 Å². The molecule has 31 heavy (non-hydrogen) atoms. The number of fused-ring (bicyclic) bond motifs is 1. The molecule has 3 nitrogen and oxygen atoms in total. The number of carbonyl (C=O) groups is 1. The van der Waals surface area contributed by atoms with E-state index < -0.39 is 6.17 Å². The van der Waals surface area contributed by atoms with Crippen molar-refractivity contribution >= 4 is 17.3 Å². The maximum absolute atomic E-state index is 15.1. The quantitative estimate of drug-likeness (QED) is 0.402. The van der Waals surface area contributed by atoms with Gasteiger partial charge in [0, 0.05) is 17.8 Å². The molecule has 0 unspecified atom stereocenters.